The lowest BCUT2D eigenvalue weighted by Crippen LogP contribution is -2.29. The lowest BCUT2D eigenvalue weighted by Gasteiger charge is -2.20. The molecule has 3 N–H and O–H groups in total. The first-order valence-corrected chi connectivity index (χ1v) is 22.1. The van der Waals surface area contributed by atoms with Gasteiger partial charge in [0.25, 0.3) is 0 Å². The highest BCUT2D eigenvalue weighted by Gasteiger charge is 2.27. The van der Waals surface area contributed by atoms with Crippen LogP contribution >= 0.6 is 7.82 Å². The Morgan fingerprint density at radius 1 is 0.569 bits per heavy atom. The Bertz CT molecular complexity index is 868. The lowest BCUT2D eigenvalue weighted by atomic mass is 10.0. The molecule has 0 saturated carbocycles. The van der Waals surface area contributed by atoms with Gasteiger partial charge in [0.15, 0.2) is 6.10 Å². The number of ether oxygens (including phenoxy) is 2. The fourth-order valence-electron chi connectivity index (χ4n) is 5.69. The van der Waals surface area contributed by atoms with Crippen LogP contribution in [-0.2, 0) is 32.7 Å². The fraction of sp³-hybridized carbons (Fsp3) is 0.900. The molecule has 0 fully saturated rings. The largest absolute Gasteiger partial charge is 0.472 e. The predicted octanol–water partition coefficient (Wildman–Crippen LogP) is 10.4. The number of hydrogen-bond donors (Lipinski definition) is 3. The molecule has 0 amide bonds. The molecule has 0 aliphatic carbocycles. The van der Waals surface area contributed by atoms with Crippen LogP contribution in [0.25, 0.3) is 0 Å². The van der Waals surface area contributed by atoms with E-state index >= 15 is 0 Å². The van der Waals surface area contributed by atoms with Gasteiger partial charge >= 0.3 is 19.8 Å². The molecule has 51 heavy (non-hydrogen) atoms. The fourth-order valence-corrected chi connectivity index (χ4v) is 6.48. The van der Waals surface area contributed by atoms with Crippen LogP contribution in [0.15, 0.2) is 12.2 Å². The molecule has 10 nitrogen and oxygen atoms in total. The van der Waals surface area contributed by atoms with Crippen LogP contribution in [0.2, 0.25) is 0 Å². The van der Waals surface area contributed by atoms with E-state index in [4.69, 9.17) is 19.1 Å². The molecule has 0 rings (SSSR count). The van der Waals surface area contributed by atoms with Crippen molar-refractivity contribution < 1.29 is 47.8 Å². The van der Waals surface area contributed by atoms with Crippen molar-refractivity contribution in [1.82, 2.24) is 0 Å². The Labute approximate surface area is 311 Å². The number of carbonyl (C=O) groups excluding carboxylic acids is 2. The standard InChI is InChI=1S/C40H77O10P/c1-3-5-7-9-11-13-15-17-18-20-21-23-25-27-29-31-39(43)47-35-38(36-49-51(45,46)48-34-37(42)33-41)50-40(44)32-30-28-26-24-22-19-16-14-12-10-8-6-4-2/h17-18,37-38,41-42H,3-16,19-36H2,1-2H3,(H,45,46)/b18-17+/t37-,38+/m1/s1. The Morgan fingerprint density at radius 3 is 1.41 bits per heavy atom. The highest BCUT2D eigenvalue weighted by Crippen LogP contribution is 2.43. The second-order valence-electron chi connectivity index (χ2n) is 14.0. The molecule has 0 bridgehead atoms. The van der Waals surface area contributed by atoms with Crippen molar-refractivity contribution in [2.24, 2.45) is 0 Å². The molecule has 0 radical (unpaired) electrons. The zero-order chi connectivity index (χ0) is 37.7. The molecule has 0 aromatic rings. The Kier molecular flexibility index (Phi) is 36.1. The molecule has 11 heteroatoms. The number of aliphatic hydroxyl groups excluding tert-OH is 2. The van der Waals surface area contributed by atoms with Crippen molar-refractivity contribution in [3.63, 3.8) is 0 Å². The summed E-state index contributed by atoms with van der Waals surface area (Å²) >= 11 is 0. The molecule has 0 heterocycles. The third kappa shape index (κ3) is 36.8. The number of aliphatic hydroxyl groups is 2. The zero-order valence-corrected chi connectivity index (χ0v) is 33.5. The maximum atomic E-state index is 12.6. The van der Waals surface area contributed by atoms with Crippen LogP contribution in [0.4, 0.5) is 0 Å². The number of rotatable bonds is 39. The van der Waals surface area contributed by atoms with Gasteiger partial charge in [-0.2, -0.15) is 0 Å². The zero-order valence-electron chi connectivity index (χ0n) is 32.6. The van der Waals surface area contributed by atoms with Crippen molar-refractivity contribution in [3.8, 4) is 0 Å². The van der Waals surface area contributed by atoms with Gasteiger partial charge in [0, 0.05) is 12.8 Å². The summed E-state index contributed by atoms with van der Waals surface area (Å²) in [7, 11) is -4.61. The van der Waals surface area contributed by atoms with Crippen molar-refractivity contribution in [2.75, 3.05) is 26.4 Å². The number of allylic oxidation sites excluding steroid dienone is 2. The maximum Gasteiger partial charge on any atom is 0.472 e. The third-order valence-corrected chi connectivity index (χ3v) is 9.87. The van der Waals surface area contributed by atoms with E-state index in [2.05, 4.69) is 30.5 Å². The smallest absolute Gasteiger partial charge is 0.462 e. The van der Waals surface area contributed by atoms with E-state index in [0.29, 0.717) is 12.8 Å². The van der Waals surface area contributed by atoms with Crippen LogP contribution < -0.4 is 0 Å². The van der Waals surface area contributed by atoms with E-state index in [9.17, 15) is 24.2 Å². The monoisotopic (exact) mass is 749 g/mol. The van der Waals surface area contributed by atoms with Crippen LogP contribution in [0.5, 0.6) is 0 Å². The summed E-state index contributed by atoms with van der Waals surface area (Å²) in [4.78, 5) is 34.9. The number of phosphoric acid groups is 1. The average molecular weight is 749 g/mol. The minimum Gasteiger partial charge on any atom is -0.462 e. The van der Waals surface area contributed by atoms with Crippen molar-refractivity contribution in [3.05, 3.63) is 12.2 Å². The van der Waals surface area contributed by atoms with E-state index in [-0.39, 0.29) is 19.4 Å². The number of hydrogen-bond acceptors (Lipinski definition) is 9. The quantitative estimate of drug-likeness (QED) is 0.0240. The minimum atomic E-state index is -4.61. The molecule has 0 saturated heterocycles. The highest BCUT2D eigenvalue weighted by molar-refractivity contribution is 7.47. The van der Waals surface area contributed by atoms with Crippen molar-refractivity contribution in [2.45, 2.75) is 206 Å². The Morgan fingerprint density at radius 2 is 0.961 bits per heavy atom. The van der Waals surface area contributed by atoms with Gasteiger partial charge in [-0.25, -0.2) is 4.57 Å². The number of carbonyl (C=O) groups is 2. The topological polar surface area (TPSA) is 149 Å². The van der Waals surface area contributed by atoms with Crippen LogP contribution in [0.1, 0.15) is 194 Å². The number of phosphoric ester groups is 1. The normalized spacial score (nSPS) is 14.1. The summed E-state index contributed by atoms with van der Waals surface area (Å²) in [5.41, 5.74) is 0. The van der Waals surface area contributed by atoms with Gasteiger partial charge in [-0.3, -0.25) is 18.6 Å². The molecular formula is C40H77O10P. The average Bonchev–Trinajstić information content (AvgIpc) is 3.12. The van der Waals surface area contributed by atoms with Gasteiger partial charge < -0.3 is 24.6 Å². The molecular weight excluding hydrogens is 671 g/mol. The second-order valence-corrected chi connectivity index (χ2v) is 15.5. The van der Waals surface area contributed by atoms with Gasteiger partial charge in [-0.05, 0) is 38.5 Å². The summed E-state index contributed by atoms with van der Waals surface area (Å²) < 4.78 is 32.6. The lowest BCUT2D eigenvalue weighted by molar-refractivity contribution is -0.161. The van der Waals surface area contributed by atoms with E-state index in [1.165, 1.54) is 103 Å². The van der Waals surface area contributed by atoms with Gasteiger partial charge in [0.1, 0.15) is 12.7 Å². The summed E-state index contributed by atoms with van der Waals surface area (Å²) in [6.07, 6.45) is 33.2. The molecule has 1 unspecified atom stereocenters. The van der Waals surface area contributed by atoms with Crippen molar-refractivity contribution >= 4 is 19.8 Å². The predicted molar refractivity (Wildman–Crippen MR) is 205 cm³/mol. The van der Waals surface area contributed by atoms with E-state index in [1.54, 1.807) is 0 Å². The Balaban J connectivity index is 4.31. The molecule has 0 aromatic carbocycles. The van der Waals surface area contributed by atoms with Gasteiger partial charge in [-0.1, -0.05) is 154 Å². The maximum absolute atomic E-state index is 12.6. The van der Waals surface area contributed by atoms with Crippen LogP contribution in [-0.4, -0.2) is 65.7 Å². The summed E-state index contributed by atoms with van der Waals surface area (Å²) in [6.45, 7) is 2.37. The first-order chi connectivity index (χ1) is 24.7. The molecule has 0 aromatic heterocycles. The first kappa shape index (κ1) is 49.7. The van der Waals surface area contributed by atoms with Crippen LogP contribution in [0.3, 0.4) is 0 Å². The third-order valence-electron chi connectivity index (χ3n) is 8.92. The van der Waals surface area contributed by atoms with E-state index < -0.39 is 51.8 Å². The van der Waals surface area contributed by atoms with Crippen LogP contribution in [0, 0.1) is 0 Å². The molecule has 0 aliphatic heterocycles. The number of unbranched alkanes of at least 4 members (excludes halogenated alkanes) is 23. The first-order valence-electron chi connectivity index (χ1n) is 20.6. The highest BCUT2D eigenvalue weighted by atomic mass is 31.2. The summed E-state index contributed by atoms with van der Waals surface area (Å²) in [5.74, 6) is -0.927. The van der Waals surface area contributed by atoms with Crippen molar-refractivity contribution in [1.29, 1.82) is 0 Å². The minimum absolute atomic E-state index is 0.188. The molecule has 3 atom stereocenters. The molecule has 0 spiro atoms. The second kappa shape index (κ2) is 37.0. The molecule has 302 valence electrons. The van der Waals surface area contributed by atoms with E-state index in [1.807, 2.05) is 0 Å². The summed E-state index contributed by atoms with van der Waals surface area (Å²) in [6, 6.07) is 0. The van der Waals surface area contributed by atoms with Gasteiger partial charge in [0.2, 0.25) is 0 Å². The SMILES string of the molecule is CCCCCCCC/C=C/CCCCCCCC(=O)OC[C@@H](COP(=O)(O)OC[C@H](O)CO)OC(=O)CCCCCCCCCCCCCCC. The number of esters is 2. The van der Waals surface area contributed by atoms with Gasteiger partial charge in [0.05, 0.1) is 19.8 Å². The van der Waals surface area contributed by atoms with E-state index in [0.717, 1.165) is 51.4 Å². The summed E-state index contributed by atoms with van der Waals surface area (Å²) in [5, 5.41) is 18.3. The van der Waals surface area contributed by atoms with Gasteiger partial charge in [-0.15, -0.1) is 0 Å². The molecule has 0 aliphatic rings. The Hall–Kier alpha value is -1.29.